The molecule has 1 heterocycles. The summed E-state index contributed by atoms with van der Waals surface area (Å²) in [4.78, 5) is 27.3. The van der Waals surface area contributed by atoms with Crippen molar-refractivity contribution in [1.29, 1.82) is 5.26 Å². The number of esters is 1. The van der Waals surface area contributed by atoms with Gasteiger partial charge in [0.05, 0.1) is 31.6 Å². The number of likely N-dealkylation sites (N-methyl/N-ethyl adjacent to an activating group) is 1. The fourth-order valence-electron chi connectivity index (χ4n) is 2.31. The molecule has 20 heavy (non-hydrogen) atoms. The molecule has 1 atom stereocenters. The molecule has 0 aliphatic carbocycles. The number of likely N-dealkylation sites (tertiary alicyclic amines) is 1. The highest BCUT2D eigenvalue weighted by atomic mass is 16.5. The SMILES string of the molecule is CCOC(=O)C1CCCN(CC(=O)N(C)CCC#N)C1. The predicted octanol–water partition coefficient (Wildman–Crippen LogP) is 0.634. The second kappa shape index (κ2) is 8.54. The Balaban J connectivity index is 2.41. The van der Waals surface area contributed by atoms with Gasteiger partial charge in [0.15, 0.2) is 0 Å². The summed E-state index contributed by atoms with van der Waals surface area (Å²) in [5.41, 5.74) is 0. The van der Waals surface area contributed by atoms with Crippen molar-refractivity contribution in [2.75, 3.05) is 39.8 Å². The largest absolute Gasteiger partial charge is 0.466 e. The third-order valence-corrected chi connectivity index (χ3v) is 3.47. The fraction of sp³-hybridized carbons (Fsp3) is 0.786. The Morgan fingerprint density at radius 2 is 2.25 bits per heavy atom. The van der Waals surface area contributed by atoms with Gasteiger partial charge in [0.2, 0.25) is 5.91 Å². The van der Waals surface area contributed by atoms with E-state index in [4.69, 9.17) is 10.00 Å². The molecular formula is C14H23N3O3. The molecular weight excluding hydrogens is 258 g/mol. The van der Waals surface area contributed by atoms with E-state index < -0.39 is 0 Å². The number of hydrogen-bond donors (Lipinski definition) is 0. The minimum absolute atomic E-state index is 0.00948. The summed E-state index contributed by atoms with van der Waals surface area (Å²) in [6.45, 7) is 4.35. The molecule has 112 valence electrons. The fourth-order valence-corrected chi connectivity index (χ4v) is 2.31. The summed E-state index contributed by atoms with van der Waals surface area (Å²) < 4.78 is 5.04. The molecule has 1 fully saturated rings. The Morgan fingerprint density at radius 3 is 2.90 bits per heavy atom. The molecule has 0 aromatic heterocycles. The summed E-state index contributed by atoms with van der Waals surface area (Å²) in [6, 6.07) is 2.02. The van der Waals surface area contributed by atoms with Gasteiger partial charge in [0, 0.05) is 20.1 Å². The Hall–Kier alpha value is -1.61. The maximum absolute atomic E-state index is 12.0. The van der Waals surface area contributed by atoms with E-state index in [2.05, 4.69) is 0 Å². The van der Waals surface area contributed by atoms with Crippen molar-refractivity contribution in [2.24, 2.45) is 5.92 Å². The zero-order chi connectivity index (χ0) is 15.0. The van der Waals surface area contributed by atoms with Crippen LogP contribution in [0.4, 0.5) is 0 Å². The van der Waals surface area contributed by atoms with Crippen LogP contribution >= 0.6 is 0 Å². The van der Waals surface area contributed by atoms with E-state index >= 15 is 0 Å². The molecule has 1 aliphatic rings. The van der Waals surface area contributed by atoms with Crippen molar-refractivity contribution < 1.29 is 14.3 Å². The van der Waals surface area contributed by atoms with Crippen molar-refractivity contribution >= 4 is 11.9 Å². The van der Waals surface area contributed by atoms with Gasteiger partial charge in [-0.25, -0.2) is 0 Å². The maximum Gasteiger partial charge on any atom is 0.310 e. The lowest BCUT2D eigenvalue weighted by Crippen LogP contribution is -2.45. The van der Waals surface area contributed by atoms with Crippen LogP contribution in [0.1, 0.15) is 26.2 Å². The third kappa shape index (κ3) is 5.17. The van der Waals surface area contributed by atoms with Crippen molar-refractivity contribution in [2.45, 2.75) is 26.2 Å². The van der Waals surface area contributed by atoms with E-state index in [-0.39, 0.29) is 17.8 Å². The monoisotopic (exact) mass is 281 g/mol. The summed E-state index contributed by atoms with van der Waals surface area (Å²) >= 11 is 0. The molecule has 6 nitrogen and oxygen atoms in total. The quantitative estimate of drug-likeness (QED) is 0.668. The van der Waals surface area contributed by atoms with Crippen LogP contribution in [0, 0.1) is 17.2 Å². The van der Waals surface area contributed by atoms with E-state index in [9.17, 15) is 9.59 Å². The van der Waals surface area contributed by atoms with Crippen molar-refractivity contribution in [3.05, 3.63) is 0 Å². The second-order valence-electron chi connectivity index (χ2n) is 5.05. The van der Waals surface area contributed by atoms with Gasteiger partial charge < -0.3 is 9.64 Å². The van der Waals surface area contributed by atoms with Crippen LogP contribution in [-0.2, 0) is 14.3 Å². The van der Waals surface area contributed by atoms with Gasteiger partial charge in [-0.15, -0.1) is 0 Å². The smallest absolute Gasteiger partial charge is 0.310 e. The number of rotatable bonds is 6. The number of piperidine rings is 1. The standard InChI is InChI=1S/C14H23N3O3/c1-3-20-14(19)12-6-4-9-17(10-12)11-13(18)16(2)8-5-7-15/h12H,3-6,8-11H2,1-2H3. The number of ether oxygens (including phenoxy) is 1. The lowest BCUT2D eigenvalue weighted by Gasteiger charge is -2.31. The van der Waals surface area contributed by atoms with E-state index in [0.717, 1.165) is 19.4 Å². The van der Waals surface area contributed by atoms with Gasteiger partial charge in [0.25, 0.3) is 0 Å². The first-order valence-electron chi connectivity index (χ1n) is 7.08. The zero-order valence-corrected chi connectivity index (χ0v) is 12.3. The van der Waals surface area contributed by atoms with Gasteiger partial charge in [-0.1, -0.05) is 0 Å². The predicted molar refractivity (Wildman–Crippen MR) is 73.7 cm³/mol. The molecule has 0 bridgehead atoms. The van der Waals surface area contributed by atoms with E-state index in [1.165, 1.54) is 0 Å². The van der Waals surface area contributed by atoms with Gasteiger partial charge >= 0.3 is 5.97 Å². The van der Waals surface area contributed by atoms with Crippen LogP contribution in [0.15, 0.2) is 0 Å². The van der Waals surface area contributed by atoms with Gasteiger partial charge in [-0.05, 0) is 26.3 Å². The zero-order valence-electron chi connectivity index (χ0n) is 12.3. The lowest BCUT2D eigenvalue weighted by atomic mass is 9.98. The third-order valence-electron chi connectivity index (χ3n) is 3.47. The lowest BCUT2D eigenvalue weighted by molar-refractivity contribution is -0.150. The molecule has 0 N–H and O–H groups in total. The van der Waals surface area contributed by atoms with Crippen LogP contribution < -0.4 is 0 Å². The van der Waals surface area contributed by atoms with Crippen molar-refractivity contribution in [1.82, 2.24) is 9.80 Å². The topological polar surface area (TPSA) is 73.6 Å². The number of nitriles is 1. The number of amides is 1. The van der Waals surface area contributed by atoms with Crippen LogP contribution in [0.5, 0.6) is 0 Å². The minimum atomic E-state index is -0.164. The molecule has 1 amide bonds. The van der Waals surface area contributed by atoms with Crippen molar-refractivity contribution in [3.63, 3.8) is 0 Å². The molecule has 0 aromatic rings. The molecule has 0 saturated carbocycles. The number of hydrogen-bond acceptors (Lipinski definition) is 5. The summed E-state index contributed by atoms with van der Waals surface area (Å²) in [6.07, 6.45) is 2.07. The molecule has 1 saturated heterocycles. The average molecular weight is 281 g/mol. The van der Waals surface area contributed by atoms with Gasteiger partial charge in [-0.2, -0.15) is 5.26 Å². The van der Waals surface area contributed by atoms with Crippen molar-refractivity contribution in [3.8, 4) is 6.07 Å². The van der Waals surface area contributed by atoms with E-state index in [1.54, 1.807) is 18.9 Å². The highest BCUT2D eigenvalue weighted by molar-refractivity contribution is 5.78. The molecule has 1 unspecified atom stereocenters. The highest BCUT2D eigenvalue weighted by Gasteiger charge is 2.28. The summed E-state index contributed by atoms with van der Waals surface area (Å²) in [5.74, 6) is -0.298. The van der Waals surface area contributed by atoms with E-state index in [0.29, 0.717) is 32.7 Å². The number of carbonyl (C=O) groups excluding carboxylic acids is 2. The molecule has 0 spiro atoms. The van der Waals surface area contributed by atoms with Crippen LogP contribution in [0.2, 0.25) is 0 Å². The van der Waals surface area contributed by atoms with Gasteiger partial charge in [-0.3, -0.25) is 14.5 Å². The summed E-state index contributed by atoms with van der Waals surface area (Å²) in [7, 11) is 1.70. The average Bonchev–Trinajstić information content (AvgIpc) is 2.45. The first kappa shape index (κ1) is 16.4. The van der Waals surface area contributed by atoms with Crippen LogP contribution in [0.3, 0.4) is 0 Å². The number of carbonyl (C=O) groups is 2. The Kier molecular flexibility index (Phi) is 7.02. The van der Waals surface area contributed by atoms with E-state index in [1.807, 2.05) is 11.0 Å². The van der Waals surface area contributed by atoms with Crippen LogP contribution in [-0.4, -0.2) is 61.5 Å². The molecule has 0 aromatic carbocycles. The molecule has 1 rings (SSSR count). The highest BCUT2D eigenvalue weighted by Crippen LogP contribution is 2.17. The molecule has 0 radical (unpaired) electrons. The van der Waals surface area contributed by atoms with Crippen LogP contribution in [0.25, 0.3) is 0 Å². The number of nitrogens with zero attached hydrogens (tertiary/aromatic N) is 3. The maximum atomic E-state index is 12.0. The molecule has 6 heteroatoms. The minimum Gasteiger partial charge on any atom is -0.466 e. The normalized spacial score (nSPS) is 19.1. The van der Waals surface area contributed by atoms with Gasteiger partial charge in [0.1, 0.15) is 0 Å². The Morgan fingerprint density at radius 1 is 1.50 bits per heavy atom. The first-order chi connectivity index (χ1) is 9.58. The molecule has 1 aliphatic heterocycles. The Bertz CT molecular complexity index is 378. The summed E-state index contributed by atoms with van der Waals surface area (Å²) in [5, 5.41) is 8.51. The Labute approximate surface area is 120 Å². The second-order valence-corrected chi connectivity index (χ2v) is 5.05. The first-order valence-corrected chi connectivity index (χ1v) is 7.08.